The van der Waals surface area contributed by atoms with Gasteiger partial charge in [0.05, 0.1) is 11.0 Å². The molecule has 0 aliphatic rings. The van der Waals surface area contributed by atoms with Crippen LogP contribution in [-0.2, 0) is 0 Å². The summed E-state index contributed by atoms with van der Waals surface area (Å²) in [4.78, 5) is 2.35. The summed E-state index contributed by atoms with van der Waals surface area (Å²) in [7, 11) is 0. The molecule has 0 spiro atoms. The predicted molar refractivity (Wildman–Crippen MR) is 219 cm³/mol. The molecule has 10 rings (SSSR count). The minimum absolute atomic E-state index is 1.12. The molecular formula is C48H32N2S. The van der Waals surface area contributed by atoms with E-state index in [0.717, 1.165) is 22.7 Å². The average molecular weight is 669 g/mol. The number of aromatic nitrogens is 1. The first-order valence-electron chi connectivity index (χ1n) is 17.3. The second-order valence-corrected chi connectivity index (χ2v) is 14.1. The van der Waals surface area contributed by atoms with Crippen LogP contribution >= 0.6 is 11.3 Å². The van der Waals surface area contributed by atoms with Crippen molar-refractivity contribution < 1.29 is 0 Å². The van der Waals surface area contributed by atoms with E-state index in [1.54, 1.807) is 0 Å². The molecule has 3 heteroatoms. The topological polar surface area (TPSA) is 8.17 Å². The van der Waals surface area contributed by atoms with Crippen LogP contribution in [0, 0.1) is 0 Å². The van der Waals surface area contributed by atoms with Crippen molar-refractivity contribution in [3.8, 4) is 27.9 Å². The van der Waals surface area contributed by atoms with Gasteiger partial charge in [-0.2, -0.15) is 0 Å². The summed E-state index contributed by atoms with van der Waals surface area (Å²) in [5.74, 6) is 0. The van der Waals surface area contributed by atoms with E-state index in [0.29, 0.717) is 0 Å². The maximum absolute atomic E-state index is 2.41. The normalized spacial score (nSPS) is 11.5. The molecular weight excluding hydrogens is 637 g/mol. The van der Waals surface area contributed by atoms with Gasteiger partial charge < -0.3 is 9.47 Å². The highest BCUT2D eigenvalue weighted by molar-refractivity contribution is 7.25. The van der Waals surface area contributed by atoms with Gasteiger partial charge in [0, 0.05) is 53.7 Å². The second-order valence-electron chi connectivity index (χ2n) is 13.0. The quantitative estimate of drug-likeness (QED) is 0.171. The van der Waals surface area contributed by atoms with Crippen molar-refractivity contribution in [3.63, 3.8) is 0 Å². The Morgan fingerprint density at radius 1 is 0.333 bits per heavy atom. The van der Waals surface area contributed by atoms with E-state index in [1.165, 1.54) is 64.2 Å². The lowest BCUT2D eigenvalue weighted by Crippen LogP contribution is -2.09. The number of benzene rings is 8. The molecule has 0 bridgehead atoms. The zero-order valence-electron chi connectivity index (χ0n) is 27.8. The maximum Gasteiger partial charge on any atom is 0.0542 e. The number of nitrogens with zero attached hydrogens (tertiary/aromatic N) is 2. The number of hydrogen-bond donors (Lipinski definition) is 0. The lowest BCUT2D eigenvalue weighted by atomic mass is 10.0. The van der Waals surface area contributed by atoms with E-state index in [1.807, 2.05) is 11.3 Å². The summed E-state index contributed by atoms with van der Waals surface area (Å²) in [5, 5.41) is 5.10. The molecule has 0 atom stereocenters. The SMILES string of the molecule is c1ccc(-c2ccc(N(c3ccccc3)c3ccc4c(c3)c3ccccc3n4-c3cccc(-c4ccc5sc6ccccc6c5c4)c3)cc2)cc1. The number of thiophene rings is 1. The monoisotopic (exact) mass is 668 g/mol. The highest BCUT2D eigenvalue weighted by Gasteiger charge is 2.18. The van der Waals surface area contributed by atoms with Crippen molar-refractivity contribution >= 4 is 70.4 Å². The molecule has 8 aromatic carbocycles. The van der Waals surface area contributed by atoms with Gasteiger partial charge >= 0.3 is 0 Å². The van der Waals surface area contributed by atoms with Gasteiger partial charge in [0.15, 0.2) is 0 Å². The molecule has 0 N–H and O–H groups in total. The van der Waals surface area contributed by atoms with Gasteiger partial charge in [-0.3, -0.25) is 0 Å². The highest BCUT2D eigenvalue weighted by Crippen LogP contribution is 2.41. The van der Waals surface area contributed by atoms with Gasteiger partial charge in [-0.05, 0) is 101 Å². The van der Waals surface area contributed by atoms with Crippen LogP contribution in [0.2, 0.25) is 0 Å². The zero-order valence-corrected chi connectivity index (χ0v) is 28.6. The van der Waals surface area contributed by atoms with Gasteiger partial charge in [-0.15, -0.1) is 11.3 Å². The van der Waals surface area contributed by atoms with Crippen LogP contribution in [0.25, 0.3) is 69.9 Å². The van der Waals surface area contributed by atoms with Crippen molar-refractivity contribution in [2.45, 2.75) is 0 Å². The van der Waals surface area contributed by atoms with Crippen LogP contribution in [0.4, 0.5) is 17.1 Å². The fraction of sp³-hybridized carbons (Fsp3) is 0. The molecule has 0 aliphatic carbocycles. The van der Waals surface area contributed by atoms with Crippen LogP contribution in [0.5, 0.6) is 0 Å². The van der Waals surface area contributed by atoms with E-state index in [4.69, 9.17) is 0 Å². The molecule has 0 radical (unpaired) electrons. The van der Waals surface area contributed by atoms with E-state index < -0.39 is 0 Å². The summed E-state index contributed by atoms with van der Waals surface area (Å²) in [6, 6.07) is 70.4. The first kappa shape index (κ1) is 29.5. The van der Waals surface area contributed by atoms with E-state index >= 15 is 0 Å². The average Bonchev–Trinajstić information content (AvgIpc) is 3.74. The van der Waals surface area contributed by atoms with Gasteiger partial charge in [0.25, 0.3) is 0 Å². The van der Waals surface area contributed by atoms with Crippen molar-refractivity contribution in [1.29, 1.82) is 0 Å². The number of fused-ring (bicyclic) bond motifs is 6. The van der Waals surface area contributed by atoms with Gasteiger partial charge in [0.1, 0.15) is 0 Å². The molecule has 240 valence electrons. The van der Waals surface area contributed by atoms with E-state index in [2.05, 4.69) is 204 Å². The molecule has 0 saturated heterocycles. The Morgan fingerprint density at radius 2 is 0.922 bits per heavy atom. The van der Waals surface area contributed by atoms with Crippen LogP contribution in [0.1, 0.15) is 0 Å². The molecule has 2 aromatic heterocycles. The largest absolute Gasteiger partial charge is 0.310 e. The Bertz CT molecular complexity index is 2850. The minimum atomic E-state index is 1.12. The number of rotatable bonds is 6. The Kier molecular flexibility index (Phi) is 7.04. The smallest absolute Gasteiger partial charge is 0.0542 e. The molecule has 0 unspecified atom stereocenters. The third kappa shape index (κ3) is 5.10. The van der Waals surface area contributed by atoms with Crippen LogP contribution in [0.3, 0.4) is 0 Å². The standard InChI is InChI=1S/C48H32N2S/c1-3-12-33(13-4-1)34-22-25-38(26-23-34)49(37-15-5-2-6-16-37)40-27-28-46-43(32-40)41-18-7-9-20-45(41)50(46)39-17-11-14-35(30-39)36-24-29-48-44(31-36)42-19-8-10-21-47(42)51-48/h1-32H. The first-order valence-corrected chi connectivity index (χ1v) is 18.2. The molecule has 0 fully saturated rings. The predicted octanol–water partition coefficient (Wildman–Crippen LogP) is 14.0. The van der Waals surface area contributed by atoms with Gasteiger partial charge in [-0.1, -0.05) is 115 Å². The van der Waals surface area contributed by atoms with Crippen molar-refractivity contribution in [1.82, 2.24) is 4.57 Å². The highest BCUT2D eigenvalue weighted by atomic mass is 32.1. The molecule has 51 heavy (non-hydrogen) atoms. The van der Waals surface area contributed by atoms with Crippen molar-refractivity contribution in [3.05, 3.63) is 194 Å². The molecule has 0 amide bonds. The summed E-state index contributed by atoms with van der Waals surface area (Å²) < 4.78 is 5.07. The Morgan fingerprint density at radius 3 is 1.76 bits per heavy atom. The lowest BCUT2D eigenvalue weighted by Gasteiger charge is -2.26. The summed E-state index contributed by atoms with van der Waals surface area (Å²) in [5.41, 5.74) is 11.7. The molecule has 2 heterocycles. The van der Waals surface area contributed by atoms with E-state index in [-0.39, 0.29) is 0 Å². The van der Waals surface area contributed by atoms with Gasteiger partial charge in [-0.25, -0.2) is 0 Å². The Hall–Kier alpha value is -6.42. The summed E-state index contributed by atoms with van der Waals surface area (Å²) >= 11 is 1.86. The zero-order chi connectivity index (χ0) is 33.7. The van der Waals surface area contributed by atoms with Crippen LogP contribution < -0.4 is 4.90 Å². The maximum atomic E-state index is 2.41. The third-order valence-electron chi connectivity index (χ3n) is 9.98. The van der Waals surface area contributed by atoms with Crippen molar-refractivity contribution in [2.75, 3.05) is 4.90 Å². The Labute approximate surface area is 300 Å². The second kappa shape index (κ2) is 12.2. The minimum Gasteiger partial charge on any atom is -0.310 e. The first-order chi connectivity index (χ1) is 25.3. The van der Waals surface area contributed by atoms with Crippen LogP contribution in [0.15, 0.2) is 194 Å². The molecule has 0 saturated carbocycles. The molecule has 0 aliphatic heterocycles. The van der Waals surface area contributed by atoms with E-state index in [9.17, 15) is 0 Å². The van der Waals surface area contributed by atoms with Crippen molar-refractivity contribution in [2.24, 2.45) is 0 Å². The number of anilines is 3. The number of hydrogen-bond acceptors (Lipinski definition) is 2. The van der Waals surface area contributed by atoms with Crippen LogP contribution in [-0.4, -0.2) is 4.57 Å². The summed E-state index contributed by atoms with van der Waals surface area (Å²) in [6.07, 6.45) is 0. The third-order valence-corrected chi connectivity index (χ3v) is 11.1. The fourth-order valence-electron chi connectivity index (χ4n) is 7.57. The molecule has 2 nitrogen and oxygen atoms in total. The van der Waals surface area contributed by atoms with Gasteiger partial charge in [0.2, 0.25) is 0 Å². The fourth-order valence-corrected chi connectivity index (χ4v) is 8.65. The number of para-hydroxylation sites is 2. The molecule has 10 aromatic rings. The lowest BCUT2D eigenvalue weighted by molar-refractivity contribution is 1.18. The summed E-state index contributed by atoms with van der Waals surface area (Å²) in [6.45, 7) is 0. The Balaban J connectivity index is 1.10.